The average Bonchev–Trinajstić information content (AvgIpc) is 2.92. The van der Waals surface area contributed by atoms with Crippen molar-refractivity contribution >= 4 is 21.7 Å². The Hall–Kier alpha value is -3.08. The van der Waals surface area contributed by atoms with E-state index in [-0.39, 0.29) is 17.4 Å². The summed E-state index contributed by atoms with van der Waals surface area (Å²) >= 11 is 0. The third-order valence-electron chi connectivity index (χ3n) is 4.39. The van der Waals surface area contributed by atoms with Gasteiger partial charge in [0.05, 0.1) is 11.9 Å². The van der Waals surface area contributed by atoms with Crippen LogP contribution in [0.1, 0.15) is 11.1 Å². The molecule has 2 aromatic carbocycles. The number of nitrogens with zero attached hydrogens (tertiary/aromatic N) is 2. The number of aryl methyl sites for hydroxylation is 1. The van der Waals surface area contributed by atoms with Gasteiger partial charge in [0.15, 0.2) is 5.75 Å². The molecule has 0 aliphatic rings. The second kappa shape index (κ2) is 5.23. The Balaban J connectivity index is 1.94. The predicted octanol–water partition coefficient (Wildman–Crippen LogP) is 4.10. The van der Waals surface area contributed by atoms with Crippen molar-refractivity contribution in [1.29, 1.82) is 0 Å². The Kier molecular flexibility index (Phi) is 3.16. The van der Waals surface area contributed by atoms with Crippen LogP contribution in [-0.4, -0.2) is 19.8 Å². The van der Waals surface area contributed by atoms with Crippen LogP contribution in [0.2, 0.25) is 0 Å². The lowest BCUT2D eigenvalue weighted by atomic mass is 10.0. The minimum absolute atomic E-state index is 0.0255. The van der Waals surface area contributed by atoms with E-state index in [1.807, 2.05) is 19.1 Å². The van der Waals surface area contributed by atoms with Crippen LogP contribution in [0.3, 0.4) is 0 Å². The number of hydrogen-bond donors (Lipinski definition) is 2. The number of halogens is 1. The summed E-state index contributed by atoms with van der Waals surface area (Å²) in [6.45, 7) is 2.32. The van der Waals surface area contributed by atoms with Gasteiger partial charge in [-0.3, -0.25) is 4.98 Å². The molecule has 0 fully saturated rings. The largest absolute Gasteiger partial charge is 0.505 e. The second-order valence-corrected chi connectivity index (χ2v) is 5.87. The van der Waals surface area contributed by atoms with Crippen LogP contribution < -0.4 is 0 Å². The van der Waals surface area contributed by atoms with E-state index in [1.165, 1.54) is 12.1 Å². The monoisotopic (exact) mass is 322 g/mol. The first-order valence-corrected chi connectivity index (χ1v) is 7.58. The molecule has 0 bridgehead atoms. The van der Waals surface area contributed by atoms with E-state index in [4.69, 9.17) is 0 Å². The Morgan fingerprint density at radius 3 is 2.58 bits per heavy atom. The molecule has 4 aromatic rings. The van der Waals surface area contributed by atoms with Crippen molar-refractivity contribution in [2.75, 3.05) is 0 Å². The third-order valence-corrected chi connectivity index (χ3v) is 4.39. The Bertz CT molecular complexity index is 1070. The number of aromatic hydroxyl groups is 2. The van der Waals surface area contributed by atoms with Crippen molar-refractivity contribution in [2.24, 2.45) is 0 Å². The molecule has 2 N–H and O–H groups in total. The molecule has 120 valence electrons. The Morgan fingerprint density at radius 1 is 1.08 bits per heavy atom. The summed E-state index contributed by atoms with van der Waals surface area (Å²) in [6, 6.07) is 9.82. The smallest absolute Gasteiger partial charge is 0.203 e. The fourth-order valence-corrected chi connectivity index (χ4v) is 3.13. The van der Waals surface area contributed by atoms with Crippen LogP contribution in [-0.2, 0) is 6.54 Å². The number of aromatic nitrogens is 2. The van der Waals surface area contributed by atoms with Crippen LogP contribution in [0.4, 0.5) is 4.39 Å². The molecule has 0 unspecified atom stereocenters. The zero-order valence-corrected chi connectivity index (χ0v) is 13.0. The SMILES string of the molecule is Cc1c2cccnc2c(O)c2c(O)n(Cc3ccc(F)cc3)cc12. The number of pyridine rings is 1. The van der Waals surface area contributed by atoms with E-state index in [9.17, 15) is 14.6 Å². The van der Waals surface area contributed by atoms with E-state index in [0.29, 0.717) is 17.4 Å². The van der Waals surface area contributed by atoms with Gasteiger partial charge >= 0.3 is 0 Å². The summed E-state index contributed by atoms with van der Waals surface area (Å²) in [7, 11) is 0. The van der Waals surface area contributed by atoms with Gasteiger partial charge in [0.1, 0.15) is 11.3 Å². The number of fused-ring (bicyclic) bond motifs is 2. The lowest BCUT2D eigenvalue weighted by molar-refractivity contribution is 0.425. The van der Waals surface area contributed by atoms with Crippen LogP contribution >= 0.6 is 0 Å². The second-order valence-electron chi connectivity index (χ2n) is 5.87. The molecule has 4 nitrogen and oxygen atoms in total. The molecule has 0 radical (unpaired) electrons. The number of phenolic OH excluding ortho intramolecular Hbond substituents is 1. The highest BCUT2D eigenvalue weighted by atomic mass is 19.1. The molecule has 0 saturated carbocycles. The van der Waals surface area contributed by atoms with Crippen molar-refractivity contribution in [3.63, 3.8) is 0 Å². The minimum Gasteiger partial charge on any atom is -0.505 e. The Labute approximate surface area is 137 Å². The van der Waals surface area contributed by atoms with E-state index in [1.54, 1.807) is 29.1 Å². The molecule has 0 aliphatic heterocycles. The summed E-state index contributed by atoms with van der Waals surface area (Å²) in [5.74, 6) is -0.351. The van der Waals surface area contributed by atoms with Gasteiger partial charge in [-0.05, 0) is 36.2 Å². The van der Waals surface area contributed by atoms with Gasteiger partial charge in [-0.1, -0.05) is 18.2 Å². The fraction of sp³-hybridized carbons (Fsp3) is 0.105. The first kappa shape index (κ1) is 14.5. The molecule has 5 heteroatoms. The molecule has 0 spiro atoms. The first-order valence-electron chi connectivity index (χ1n) is 7.58. The van der Waals surface area contributed by atoms with Gasteiger partial charge in [0, 0.05) is 23.2 Å². The van der Waals surface area contributed by atoms with Crippen LogP contribution in [0.25, 0.3) is 21.7 Å². The Morgan fingerprint density at radius 2 is 1.83 bits per heavy atom. The zero-order chi connectivity index (χ0) is 16.8. The van der Waals surface area contributed by atoms with Crippen molar-refractivity contribution in [1.82, 2.24) is 9.55 Å². The van der Waals surface area contributed by atoms with Gasteiger partial charge in [-0.2, -0.15) is 0 Å². The topological polar surface area (TPSA) is 58.3 Å². The molecule has 0 atom stereocenters. The minimum atomic E-state index is -0.300. The van der Waals surface area contributed by atoms with E-state index in [2.05, 4.69) is 4.98 Å². The highest BCUT2D eigenvalue weighted by Crippen LogP contribution is 2.41. The predicted molar refractivity (Wildman–Crippen MR) is 90.8 cm³/mol. The molecule has 2 heterocycles. The van der Waals surface area contributed by atoms with Crippen molar-refractivity contribution in [2.45, 2.75) is 13.5 Å². The molecule has 4 rings (SSSR count). The number of phenols is 1. The summed E-state index contributed by atoms with van der Waals surface area (Å²) in [6.07, 6.45) is 3.41. The fourth-order valence-electron chi connectivity index (χ4n) is 3.13. The van der Waals surface area contributed by atoms with E-state index in [0.717, 1.165) is 21.9 Å². The highest BCUT2D eigenvalue weighted by Gasteiger charge is 2.19. The van der Waals surface area contributed by atoms with Gasteiger partial charge < -0.3 is 14.8 Å². The van der Waals surface area contributed by atoms with Crippen LogP contribution in [0.15, 0.2) is 48.8 Å². The molecular formula is C19H15FN2O2. The molecular weight excluding hydrogens is 307 g/mol. The molecule has 0 aliphatic carbocycles. The first-order chi connectivity index (χ1) is 11.6. The maximum absolute atomic E-state index is 13.0. The van der Waals surface area contributed by atoms with Gasteiger partial charge in [-0.25, -0.2) is 4.39 Å². The van der Waals surface area contributed by atoms with Crippen LogP contribution in [0.5, 0.6) is 11.6 Å². The van der Waals surface area contributed by atoms with Crippen molar-refractivity contribution in [3.8, 4) is 11.6 Å². The number of rotatable bonds is 2. The van der Waals surface area contributed by atoms with Gasteiger partial charge in [0.25, 0.3) is 0 Å². The van der Waals surface area contributed by atoms with Crippen molar-refractivity contribution < 1.29 is 14.6 Å². The van der Waals surface area contributed by atoms with E-state index >= 15 is 0 Å². The standard InChI is InChI=1S/C19H15FN2O2/c1-11-14-3-2-8-21-17(14)18(23)16-15(11)10-22(19(16)24)9-12-4-6-13(20)7-5-12/h2-8,10,23-24H,9H2,1H3. The quantitative estimate of drug-likeness (QED) is 0.584. The molecule has 24 heavy (non-hydrogen) atoms. The van der Waals surface area contributed by atoms with E-state index < -0.39 is 0 Å². The van der Waals surface area contributed by atoms with Gasteiger partial charge in [0.2, 0.25) is 5.88 Å². The maximum Gasteiger partial charge on any atom is 0.203 e. The van der Waals surface area contributed by atoms with Gasteiger partial charge in [-0.15, -0.1) is 0 Å². The zero-order valence-electron chi connectivity index (χ0n) is 13.0. The normalized spacial score (nSPS) is 11.4. The highest BCUT2D eigenvalue weighted by molar-refractivity contribution is 6.08. The number of benzene rings is 2. The number of hydrogen-bond acceptors (Lipinski definition) is 3. The molecule has 0 saturated heterocycles. The summed E-state index contributed by atoms with van der Waals surface area (Å²) < 4.78 is 14.7. The maximum atomic E-state index is 13.0. The summed E-state index contributed by atoms with van der Waals surface area (Å²) in [4.78, 5) is 4.22. The average molecular weight is 322 g/mol. The molecule has 0 amide bonds. The third kappa shape index (κ3) is 2.09. The summed E-state index contributed by atoms with van der Waals surface area (Å²) in [5, 5.41) is 23.1. The lowest BCUT2D eigenvalue weighted by Crippen LogP contribution is -1.97. The molecule has 2 aromatic heterocycles. The lowest BCUT2D eigenvalue weighted by Gasteiger charge is -2.06. The van der Waals surface area contributed by atoms with Crippen molar-refractivity contribution in [3.05, 3.63) is 65.7 Å². The summed E-state index contributed by atoms with van der Waals surface area (Å²) in [5.41, 5.74) is 2.27. The van der Waals surface area contributed by atoms with Crippen LogP contribution in [0, 0.1) is 12.7 Å².